The second kappa shape index (κ2) is 2.70. The van der Waals surface area contributed by atoms with Crippen molar-refractivity contribution >= 4 is 17.7 Å². The maximum Gasteiger partial charge on any atom is 0.150 e. The highest BCUT2D eigenvalue weighted by molar-refractivity contribution is 5.83. The zero-order valence-electron chi connectivity index (χ0n) is 6.37. The minimum absolute atomic E-state index is 0.679. The van der Waals surface area contributed by atoms with Crippen LogP contribution in [-0.2, 0) is 0 Å². The van der Waals surface area contributed by atoms with Crippen molar-refractivity contribution in [2.75, 3.05) is 10.6 Å². The summed E-state index contributed by atoms with van der Waals surface area (Å²) in [7, 11) is 0. The zero-order valence-corrected chi connectivity index (χ0v) is 6.37. The highest BCUT2D eigenvalue weighted by Gasteiger charge is 2.03. The van der Waals surface area contributed by atoms with Crippen molar-refractivity contribution in [3.05, 3.63) is 36.2 Å². The molecular weight excluding hydrogens is 152 g/mol. The molecule has 0 spiro atoms. The quantitative estimate of drug-likeness (QED) is 0.615. The van der Waals surface area contributed by atoms with Crippen LogP contribution in [0.15, 0.2) is 30.6 Å². The molecule has 3 heteroatoms. The molecule has 0 atom stereocenters. The number of rotatable bonds is 1. The predicted molar refractivity (Wildman–Crippen MR) is 48.2 cm³/mol. The van der Waals surface area contributed by atoms with Crippen LogP contribution in [-0.4, -0.2) is 6.29 Å². The number of hydrogen-bond donors (Lipinski definition) is 2. The third kappa shape index (κ3) is 1.05. The van der Waals surface area contributed by atoms with Gasteiger partial charge in [-0.15, -0.1) is 0 Å². The molecule has 3 nitrogen and oxygen atoms in total. The number of fused-ring (bicyclic) bond motifs is 1. The second-order valence-corrected chi connectivity index (χ2v) is 2.54. The normalized spacial score (nSPS) is 12.7. The monoisotopic (exact) mass is 160 g/mol. The number of benzene rings is 1. The van der Waals surface area contributed by atoms with Crippen LogP contribution in [0, 0.1) is 0 Å². The lowest BCUT2D eigenvalue weighted by Gasteiger charge is -2.13. The second-order valence-electron chi connectivity index (χ2n) is 2.54. The topological polar surface area (TPSA) is 41.1 Å². The SMILES string of the molecule is O=Cc1ccc2c(c1)NC=CN2. The van der Waals surface area contributed by atoms with Crippen LogP contribution in [0.3, 0.4) is 0 Å². The summed E-state index contributed by atoms with van der Waals surface area (Å²) in [6, 6.07) is 5.45. The molecule has 1 aliphatic heterocycles. The Balaban J connectivity index is 2.46. The first-order valence-corrected chi connectivity index (χ1v) is 3.67. The van der Waals surface area contributed by atoms with Crippen LogP contribution in [0.2, 0.25) is 0 Å². The van der Waals surface area contributed by atoms with E-state index in [9.17, 15) is 4.79 Å². The van der Waals surface area contributed by atoms with Gasteiger partial charge in [0.1, 0.15) is 6.29 Å². The molecule has 0 amide bonds. The van der Waals surface area contributed by atoms with Crippen LogP contribution < -0.4 is 10.6 Å². The fourth-order valence-corrected chi connectivity index (χ4v) is 1.14. The van der Waals surface area contributed by atoms with Crippen LogP contribution in [0.5, 0.6) is 0 Å². The number of aldehydes is 1. The van der Waals surface area contributed by atoms with E-state index in [1.54, 1.807) is 18.3 Å². The molecule has 1 aromatic carbocycles. The molecule has 0 fully saturated rings. The van der Waals surface area contributed by atoms with E-state index in [2.05, 4.69) is 10.6 Å². The molecule has 60 valence electrons. The van der Waals surface area contributed by atoms with Crippen LogP contribution in [0.4, 0.5) is 11.4 Å². The van der Waals surface area contributed by atoms with Gasteiger partial charge in [-0.1, -0.05) is 0 Å². The van der Waals surface area contributed by atoms with Gasteiger partial charge < -0.3 is 10.6 Å². The molecule has 2 N–H and O–H groups in total. The van der Waals surface area contributed by atoms with Crippen LogP contribution >= 0.6 is 0 Å². The molecule has 0 saturated heterocycles. The summed E-state index contributed by atoms with van der Waals surface area (Å²) in [4.78, 5) is 10.4. The molecule has 1 aliphatic rings. The lowest BCUT2D eigenvalue weighted by atomic mass is 10.2. The maximum absolute atomic E-state index is 10.4. The van der Waals surface area contributed by atoms with Crippen LogP contribution in [0.1, 0.15) is 10.4 Å². The smallest absolute Gasteiger partial charge is 0.150 e. The third-order valence-corrected chi connectivity index (χ3v) is 1.74. The fraction of sp³-hybridized carbons (Fsp3) is 0. The first-order chi connectivity index (χ1) is 5.90. The third-order valence-electron chi connectivity index (χ3n) is 1.74. The number of hydrogen-bond acceptors (Lipinski definition) is 3. The maximum atomic E-state index is 10.4. The molecule has 0 radical (unpaired) electrons. The summed E-state index contributed by atoms with van der Waals surface area (Å²) in [5.41, 5.74) is 2.60. The van der Waals surface area contributed by atoms with E-state index in [1.165, 1.54) is 0 Å². The van der Waals surface area contributed by atoms with E-state index in [0.29, 0.717) is 5.56 Å². The van der Waals surface area contributed by atoms with Gasteiger partial charge in [0.05, 0.1) is 11.4 Å². The van der Waals surface area contributed by atoms with Crippen molar-refractivity contribution < 1.29 is 4.79 Å². The Bertz CT molecular complexity index is 344. The average Bonchev–Trinajstić information content (AvgIpc) is 2.17. The van der Waals surface area contributed by atoms with Gasteiger partial charge in [-0.25, -0.2) is 0 Å². The van der Waals surface area contributed by atoms with E-state index in [-0.39, 0.29) is 0 Å². The number of anilines is 2. The van der Waals surface area contributed by atoms with E-state index < -0.39 is 0 Å². The molecule has 2 rings (SSSR count). The predicted octanol–water partition coefficient (Wildman–Crippen LogP) is 1.81. The molecule has 0 bridgehead atoms. The molecular formula is C9H8N2O. The van der Waals surface area contributed by atoms with Gasteiger partial charge >= 0.3 is 0 Å². The summed E-state index contributed by atoms with van der Waals surface area (Å²) in [5.74, 6) is 0. The van der Waals surface area contributed by atoms with Crippen LogP contribution in [0.25, 0.3) is 0 Å². The summed E-state index contributed by atoms with van der Waals surface area (Å²) in [5, 5.41) is 6.09. The van der Waals surface area contributed by atoms with E-state index in [0.717, 1.165) is 17.7 Å². The molecule has 0 aromatic heterocycles. The number of carbonyl (C=O) groups is 1. The highest BCUT2D eigenvalue weighted by atomic mass is 16.1. The Hall–Kier alpha value is -1.77. The largest absolute Gasteiger partial charge is 0.359 e. The van der Waals surface area contributed by atoms with Crippen molar-refractivity contribution in [2.45, 2.75) is 0 Å². The Morgan fingerprint density at radius 1 is 1.08 bits per heavy atom. The standard InChI is InChI=1S/C9H8N2O/c12-6-7-1-2-8-9(5-7)11-4-3-10-8/h1-6,10-11H. The van der Waals surface area contributed by atoms with Gasteiger partial charge in [0.15, 0.2) is 0 Å². The van der Waals surface area contributed by atoms with Gasteiger partial charge in [-0.2, -0.15) is 0 Å². The first kappa shape index (κ1) is 6.91. The Morgan fingerprint density at radius 3 is 2.58 bits per heavy atom. The average molecular weight is 160 g/mol. The van der Waals surface area contributed by atoms with Crippen molar-refractivity contribution in [3.63, 3.8) is 0 Å². The minimum atomic E-state index is 0.679. The zero-order chi connectivity index (χ0) is 8.39. The van der Waals surface area contributed by atoms with E-state index >= 15 is 0 Å². The van der Waals surface area contributed by atoms with Crippen molar-refractivity contribution in [1.82, 2.24) is 0 Å². The van der Waals surface area contributed by atoms with Crippen molar-refractivity contribution in [1.29, 1.82) is 0 Å². The molecule has 1 aromatic rings. The molecule has 0 saturated carbocycles. The highest BCUT2D eigenvalue weighted by Crippen LogP contribution is 2.24. The van der Waals surface area contributed by atoms with Gasteiger partial charge in [-0.05, 0) is 18.2 Å². The van der Waals surface area contributed by atoms with Crippen molar-refractivity contribution in [3.8, 4) is 0 Å². The summed E-state index contributed by atoms with van der Waals surface area (Å²) in [6.45, 7) is 0. The Labute approximate surface area is 70.1 Å². The first-order valence-electron chi connectivity index (χ1n) is 3.67. The molecule has 0 aliphatic carbocycles. The minimum Gasteiger partial charge on any atom is -0.359 e. The number of carbonyl (C=O) groups excluding carboxylic acids is 1. The van der Waals surface area contributed by atoms with Gasteiger partial charge in [0, 0.05) is 18.0 Å². The lowest BCUT2D eigenvalue weighted by Crippen LogP contribution is -2.02. The van der Waals surface area contributed by atoms with Gasteiger partial charge in [0.25, 0.3) is 0 Å². The number of nitrogens with one attached hydrogen (secondary N) is 2. The lowest BCUT2D eigenvalue weighted by molar-refractivity contribution is 0.112. The van der Waals surface area contributed by atoms with Crippen molar-refractivity contribution in [2.24, 2.45) is 0 Å². The molecule has 12 heavy (non-hydrogen) atoms. The fourth-order valence-electron chi connectivity index (χ4n) is 1.14. The summed E-state index contributed by atoms with van der Waals surface area (Å²) in [6.07, 6.45) is 4.43. The summed E-state index contributed by atoms with van der Waals surface area (Å²) < 4.78 is 0. The Kier molecular flexibility index (Phi) is 1.55. The Morgan fingerprint density at radius 2 is 1.83 bits per heavy atom. The molecule has 0 unspecified atom stereocenters. The van der Waals surface area contributed by atoms with Gasteiger partial charge in [-0.3, -0.25) is 4.79 Å². The van der Waals surface area contributed by atoms with Gasteiger partial charge in [0.2, 0.25) is 0 Å². The molecule has 1 heterocycles. The van der Waals surface area contributed by atoms with E-state index in [4.69, 9.17) is 0 Å². The van der Waals surface area contributed by atoms with E-state index in [1.807, 2.05) is 12.3 Å². The summed E-state index contributed by atoms with van der Waals surface area (Å²) >= 11 is 0.